The van der Waals surface area contributed by atoms with Crippen molar-refractivity contribution < 1.29 is 32.3 Å². The first kappa shape index (κ1) is 29.5. The second-order valence-corrected chi connectivity index (χ2v) is 10.6. The number of aliphatic hydroxyl groups is 1. The summed E-state index contributed by atoms with van der Waals surface area (Å²) >= 11 is 0. The number of hydrazine groups is 2. The van der Waals surface area contributed by atoms with Gasteiger partial charge in [0, 0.05) is 30.2 Å². The number of halogens is 4. The van der Waals surface area contributed by atoms with Crippen LogP contribution in [0.15, 0.2) is 89.8 Å². The van der Waals surface area contributed by atoms with Crippen molar-refractivity contribution in [3.63, 3.8) is 0 Å². The van der Waals surface area contributed by atoms with E-state index in [1.807, 2.05) is 0 Å². The molecule has 12 heteroatoms. The summed E-state index contributed by atoms with van der Waals surface area (Å²) in [5, 5.41) is 12.9. The maximum Gasteiger partial charge on any atom is 0.398 e. The molecule has 2 aromatic carbocycles. The van der Waals surface area contributed by atoms with Gasteiger partial charge >= 0.3 is 6.18 Å². The van der Waals surface area contributed by atoms with Crippen molar-refractivity contribution >= 4 is 17.5 Å². The monoisotopic (exact) mass is 585 g/mol. The van der Waals surface area contributed by atoms with Gasteiger partial charge in [0.25, 0.3) is 0 Å². The molecule has 3 aliphatic rings. The average Bonchev–Trinajstić information content (AvgIpc) is 3.24. The zero-order valence-corrected chi connectivity index (χ0v) is 22.8. The molecular formula is C30H31F4N5O3. The summed E-state index contributed by atoms with van der Waals surface area (Å²) in [6.07, 6.45) is -2.56. The standard InChI is InChI=1S/C30H31F4N5O3/c1-2-37-27-24(22(14-16-40)39(36)38(27)21-8-4-3-5-9-21)23(18-10-12-20(31)13-11-18)25(28(37)42)29(30(32,33)34)15-6-7-19(17-29)26(35)41/h3-13,15,22-23,25,40H,2,14,16-17,36H2,1H3,(H2,35,41)/t22?,23-,25+,29?/m1/s1. The van der Waals surface area contributed by atoms with Crippen molar-refractivity contribution in [1.29, 1.82) is 0 Å². The minimum Gasteiger partial charge on any atom is -0.396 e. The van der Waals surface area contributed by atoms with Gasteiger partial charge in [0.15, 0.2) is 0 Å². The fourth-order valence-corrected chi connectivity index (χ4v) is 6.50. The third-order valence-corrected chi connectivity index (χ3v) is 8.35. The number of para-hydroxylation sites is 1. The summed E-state index contributed by atoms with van der Waals surface area (Å²) in [6.45, 7) is 1.30. The van der Waals surface area contributed by atoms with Gasteiger partial charge in [0.1, 0.15) is 17.1 Å². The van der Waals surface area contributed by atoms with Gasteiger partial charge in [-0.15, -0.1) is 5.12 Å². The Balaban J connectivity index is 1.84. The minimum atomic E-state index is -5.00. The molecule has 8 nitrogen and oxygen atoms in total. The maximum absolute atomic E-state index is 15.4. The molecule has 222 valence electrons. The van der Waals surface area contributed by atoms with Crippen LogP contribution in [0.1, 0.15) is 31.2 Å². The highest BCUT2D eigenvalue weighted by Crippen LogP contribution is 2.61. The fraction of sp³-hybridized carbons (Fsp3) is 0.333. The van der Waals surface area contributed by atoms with Gasteiger partial charge in [0.05, 0.1) is 17.6 Å². The summed E-state index contributed by atoms with van der Waals surface area (Å²) in [4.78, 5) is 28.0. The van der Waals surface area contributed by atoms with Crippen LogP contribution in [0.4, 0.5) is 23.2 Å². The molecular weight excluding hydrogens is 554 g/mol. The Hall–Kier alpha value is -4.00. The van der Waals surface area contributed by atoms with Gasteiger partial charge in [-0.1, -0.05) is 48.6 Å². The van der Waals surface area contributed by atoms with Gasteiger partial charge in [-0.05, 0) is 49.6 Å². The van der Waals surface area contributed by atoms with E-state index < -0.39 is 53.5 Å². The third-order valence-electron chi connectivity index (χ3n) is 8.35. The van der Waals surface area contributed by atoms with Gasteiger partial charge in [0.2, 0.25) is 11.8 Å². The van der Waals surface area contributed by atoms with Crippen LogP contribution in [0.25, 0.3) is 0 Å². The second kappa shape index (κ2) is 11.0. The Bertz CT molecular complexity index is 1460. The van der Waals surface area contributed by atoms with Crippen molar-refractivity contribution in [2.24, 2.45) is 22.9 Å². The molecule has 0 saturated carbocycles. The third kappa shape index (κ3) is 4.59. The molecule has 5 rings (SSSR count). The van der Waals surface area contributed by atoms with E-state index in [1.54, 1.807) is 42.3 Å². The largest absolute Gasteiger partial charge is 0.398 e. The van der Waals surface area contributed by atoms with Gasteiger partial charge in [-0.3, -0.25) is 14.5 Å². The number of primary amides is 1. The number of hydrogen-bond acceptors (Lipinski definition) is 6. The molecule has 2 amide bonds. The number of hydrogen-bond donors (Lipinski definition) is 3. The van der Waals surface area contributed by atoms with E-state index in [2.05, 4.69) is 0 Å². The molecule has 2 heterocycles. The molecule has 0 radical (unpaired) electrons. The summed E-state index contributed by atoms with van der Waals surface area (Å²) in [5.74, 6) is 1.38. The molecule has 0 saturated heterocycles. The lowest BCUT2D eigenvalue weighted by molar-refractivity contribution is -0.227. The Morgan fingerprint density at radius 2 is 1.79 bits per heavy atom. The molecule has 0 bridgehead atoms. The molecule has 0 aromatic heterocycles. The normalized spacial score (nSPS) is 26.5. The number of alkyl halides is 3. The number of carbonyl (C=O) groups is 2. The van der Waals surface area contributed by atoms with E-state index in [4.69, 9.17) is 11.6 Å². The highest BCUT2D eigenvalue weighted by atomic mass is 19.4. The number of allylic oxidation sites excluding steroid dienone is 3. The lowest BCUT2D eigenvalue weighted by Gasteiger charge is -2.49. The number of nitrogens with zero attached hydrogens (tertiary/aromatic N) is 3. The molecule has 42 heavy (non-hydrogen) atoms. The van der Waals surface area contributed by atoms with Crippen LogP contribution in [-0.2, 0) is 9.59 Å². The SMILES string of the molecule is CCN1C(=O)[C@@H](C2(C(F)(F)F)C=CC=C(C(N)=O)C2)[C@H](c2ccc(F)cc2)C2=C1N(c1ccccc1)N(N)C2CCO. The highest BCUT2D eigenvalue weighted by Gasteiger charge is 2.66. The van der Waals surface area contributed by atoms with E-state index in [0.29, 0.717) is 11.3 Å². The Labute approximate surface area is 240 Å². The molecule has 2 aliphatic heterocycles. The molecule has 4 atom stereocenters. The van der Waals surface area contributed by atoms with Crippen molar-refractivity contribution in [1.82, 2.24) is 10.0 Å². The van der Waals surface area contributed by atoms with Crippen LogP contribution in [0.2, 0.25) is 0 Å². The zero-order valence-electron chi connectivity index (χ0n) is 22.8. The smallest absolute Gasteiger partial charge is 0.396 e. The zero-order chi connectivity index (χ0) is 30.4. The molecule has 1 aliphatic carbocycles. The first-order valence-electron chi connectivity index (χ1n) is 13.5. The first-order chi connectivity index (χ1) is 20.0. The number of carbonyl (C=O) groups excluding carboxylic acids is 2. The average molecular weight is 586 g/mol. The van der Waals surface area contributed by atoms with Gasteiger partial charge in [-0.2, -0.15) is 13.2 Å². The number of nitrogens with two attached hydrogens (primary N) is 2. The Kier molecular flexibility index (Phi) is 7.73. The summed E-state index contributed by atoms with van der Waals surface area (Å²) in [5.41, 5.74) is 3.53. The van der Waals surface area contributed by atoms with E-state index in [1.165, 1.54) is 28.2 Å². The van der Waals surface area contributed by atoms with Crippen LogP contribution < -0.4 is 16.6 Å². The number of amides is 2. The number of aliphatic hydroxyl groups excluding tert-OH is 1. The fourth-order valence-electron chi connectivity index (χ4n) is 6.50. The van der Waals surface area contributed by atoms with Crippen molar-refractivity contribution in [2.45, 2.75) is 37.9 Å². The van der Waals surface area contributed by atoms with Crippen LogP contribution in [0, 0.1) is 17.2 Å². The maximum atomic E-state index is 15.4. The van der Waals surface area contributed by atoms with E-state index in [9.17, 15) is 19.1 Å². The first-order valence-corrected chi connectivity index (χ1v) is 13.5. The second-order valence-electron chi connectivity index (χ2n) is 10.6. The summed E-state index contributed by atoms with van der Waals surface area (Å²) < 4.78 is 60.4. The Morgan fingerprint density at radius 3 is 2.36 bits per heavy atom. The lowest BCUT2D eigenvalue weighted by Crippen LogP contribution is -2.57. The lowest BCUT2D eigenvalue weighted by atomic mass is 9.59. The topological polar surface area (TPSA) is 116 Å². The number of rotatable bonds is 7. The van der Waals surface area contributed by atoms with Gasteiger partial charge in [-0.25, -0.2) is 15.2 Å². The molecule has 5 N–H and O–H groups in total. The quantitative estimate of drug-likeness (QED) is 0.336. The minimum absolute atomic E-state index is 0.00346. The van der Waals surface area contributed by atoms with E-state index in [0.717, 1.165) is 24.3 Å². The molecule has 2 aromatic rings. The number of anilines is 1. The molecule has 2 unspecified atom stereocenters. The molecule has 0 spiro atoms. The van der Waals surface area contributed by atoms with Gasteiger partial charge < -0.3 is 10.8 Å². The summed E-state index contributed by atoms with van der Waals surface area (Å²) in [6, 6.07) is 12.9. The van der Waals surface area contributed by atoms with Crippen molar-refractivity contribution in [2.75, 3.05) is 18.2 Å². The summed E-state index contributed by atoms with van der Waals surface area (Å²) in [7, 11) is 0. The highest BCUT2D eigenvalue weighted by molar-refractivity contribution is 5.93. The molecule has 0 fully saturated rings. The predicted octanol–water partition coefficient (Wildman–Crippen LogP) is 3.88. The van der Waals surface area contributed by atoms with Crippen LogP contribution in [0.5, 0.6) is 0 Å². The van der Waals surface area contributed by atoms with Crippen LogP contribution in [-0.4, -0.2) is 52.3 Å². The van der Waals surface area contributed by atoms with Crippen molar-refractivity contribution in [3.8, 4) is 0 Å². The van der Waals surface area contributed by atoms with Crippen molar-refractivity contribution in [3.05, 3.63) is 101 Å². The van der Waals surface area contributed by atoms with Crippen LogP contribution in [0.3, 0.4) is 0 Å². The van der Waals surface area contributed by atoms with E-state index >= 15 is 13.2 Å². The Morgan fingerprint density at radius 1 is 1.12 bits per heavy atom. The van der Waals surface area contributed by atoms with Crippen LogP contribution >= 0.6 is 0 Å². The van der Waals surface area contributed by atoms with E-state index in [-0.39, 0.29) is 36.5 Å². The number of benzene rings is 2. The predicted molar refractivity (Wildman–Crippen MR) is 147 cm³/mol.